The van der Waals surface area contributed by atoms with Crippen molar-refractivity contribution in [2.24, 2.45) is 11.8 Å². The van der Waals surface area contributed by atoms with Crippen LogP contribution in [0.3, 0.4) is 0 Å². The van der Waals surface area contributed by atoms with E-state index in [0.717, 1.165) is 24.3 Å². The van der Waals surface area contributed by atoms with Gasteiger partial charge in [0.15, 0.2) is 0 Å². The fourth-order valence-electron chi connectivity index (χ4n) is 3.58. The summed E-state index contributed by atoms with van der Waals surface area (Å²) in [6, 6.07) is 19.8. The number of aryl methyl sites for hydroxylation is 1. The highest BCUT2D eigenvalue weighted by Gasteiger charge is 2.43. The van der Waals surface area contributed by atoms with Crippen LogP contribution in [0, 0.1) is 18.8 Å². The maximum atomic E-state index is 3.40. The molecule has 1 aliphatic carbocycles. The summed E-state index contributed by atoms with van der Waals surface area (Å²) in [4.78, 5) is 0. The van der Waals surface area contributed by atoms with Crippen LogP contribution in [0.5, 0.6) is 0 Å². The lowest BCUT2D eigenvalue weighted by Gasteiger charge is -2.18. The SMILES string of the molecule is CNCC(Cc1ccccc1C)C1CC1c1ccccc1. The molecule has 2 aromatic carbocycles. The molecular weight excluding hydrogens is 254 g/mol. The zero-order chi connectivity index (χ0) is 14.7. The summed E-state index contributed by atoms with van der Waals surface area (Å²) in [5.74, 6) is 2.34. The number of benzene rings is 2. The van der Waals surface area contributed by atoms with E-state index >= 15 is 0 Å². The van der Waals surface area contributed by atoms with Crippen LogP contribution in [0.15, 0.2) is 54.6 Å². The van der Waals surface area contributed by atoms with E-state index in [0.29, 0.717) is 0 Å². The highest BCUT2D eigenvalue weighted by atomic mass is 14.8. The fraction of sp³-hybridized carbons (Fsp3) is 0.400. The van der Waals surface area contributed by atoms with Crippen molar-refractivity contribution in [1.82, 2.24) is 5.32 Å². The van der Waals surface area contributed by atoms with Gasteiger partial charge in [0, 0.05) is 0 Å². The second kappa shape index (κ2) is 6.44. The molecule has 3 unspecified atom stereocenters. The standard InChI is InChI=1S/C20H25N/c1-15-8-6-7-11-17(15)12-18(14-21-2)20-13-19(20)16-9-4-3-5-10-16/h3-11,18-21H,12-14H2,1-2H3. The van der Waals surface area contributed by atoms with Crippen molar-refractivity contribution in [2.75, 3.05) is 13.6 Å². The third-order valence-corrected chi connectivity index (χ3v) is 4.88. The number of rotatable bonds is 6. The van der Waals surface area contributed by atoms with Gasteiger partial charge < -0.3 is 5.32 Å². The lowest BCUT2D eigenvalue weighted by atomic mass is 9.90. The van der Waals surface area contributed by atoms with E-state index in [1.807, 2.05) is 0 Å². The van der Waals surface area contributed by atoms with Crippen LogP contribution in [0.25, 0.3) is 0 Å². The molecule has 110 valence electrons. The van der Waals surface area contributed by atoms with Gasteiger partial charge in [-0.1, -0.05) is 54.6 Å². The summed E-state index contributed by atoms with van der Waals surface area (Å²) in [5, 5.41) is 3.40. The fourth-order valence-corrected chi connectivity index (χ4v) is 3.58. The summed E-state index contributed by atoms with van der Waals surface area (Å²) < 4.78 is 0. The Morgan fingerprint density at radius 1 is 1.05 bits per heavy atom. The van der Waals surface area contributed by atoms with Gasteiger partial charge in [-0.15, -0.1) is 0 Å². The normalized spacial score (nSPS) is 22.0. The maximum Gasteiger partial charge on any atom is -0.00175 e. The predicted octanol–water partition coefficient (Wildman–Crippen LogP) is 4.18. The first-order valence-electron chi connectivity index (χ1n) is 8.03. The van der Waals surface area contributed by atoms with Gasteiger partial charge in [-0.05, 0) is 67.8 Å². The van der Waals surface area contributed by atoms with E-state index < -0.39 is 0 Å². The molecule has 0 aliphatic heterocycles. The van der Waals surface area contributed by atoms with Crippen LogP contribution in [0.2, 0.25) is 0 Å². The zero-order valence-electron chi connectivity index (χ0n) is 13.0. The van der Waals surface area contributed by atoms with Gasteiger partial charge in [0.05, 0.1) is 0 Å². The van der Waals surface area contributed by atoms with E-state index in [1.54, 1.807) is 0 Å². The predicted molar refractivity (Wildman–Crippen MR) is 89.6 cm³/mol. The molecule has 1 N–H and O–H groups in total. The Morgan fingerprint density at radius 3 is 2.48 bits per heavy atom. The molecule has 3 rings (SSSR count). The molecule has 1 heteroatoms. The Morgan fingerprint density at radius 2 is 1.76 bits per heavy atom. The Labute approximate surface area is 128 Å². The van der Waals surface area contributed by atoms with Gasteiger partial charge >= 0.3 is 0 Å². The van der Waals surface area contributed by atoms with Gasteiger partial charge in [0.2, 0.25) is 0 Å². The maximum absolute atomic E-state index is 3.40. The van der Waals surface area contributed by atoms with Gasteiger partial charge in [-0.3, -0.25) is 0 Å². The summed E-state index contributed by atoms with van der Waals surface area (Å²) >= 11 is 0. The lowest BCUT2D eigenvalue weighted by Crippen LogP contribution is -2.23. The van der Waals surface area contributed by atoms with Crippen LogP contribution in [0.4, 0.5) is 0 Å². The van der Waals surface area contributed by atoms with Crippen LogP contribution >= 0.6 is 0 Å². The van der Waals surface area contributed by atoms with Crippen molar-refractivity contribution < 1.29 is 0 Å². The molecular formula is C20H25N. The molecule has 3 atom stereocenters. The third-order valence-electron chi connectivity index (χ3n) is 4.88. The van der Waals surface area contributed by atoms with Crippen molar-refractivity contribution in [3.8, 4) is 0 Å². The van der Waals surface area contributed by atoms with Crippen molar-refractivity contribution >= 4 is 0 Å². The average molecular weight is 279 g/mol. The zero-order valence-corrected chi connectivity index (χ0v) is 13.0. The quantitative estimate of drug-likeness (QED) is 0.836. The van der Waals surface area contributed by atoms with Crippen LogP contribution in [0.1, 0.15) is 29.0 Å². The molecule has 1 aliphatic rings. The Kier molecular flexibility index (Phi) is 4.40. The van der Waals surface area contributed by atoms with Gasteiger partial charge in [0.25, 0.3) is 0 Å². The minimum Gasteiger partial charge on any atom is -0.319 e. The topological polar surface area (TPSA) is 12.0 Å². The van der Waals surface area contributed by atoms with E-state index in [2.05, 4.69) is 73.9 Å². The molecule has 1 fully saturated rings. The lowest BCUT2D eigenvalue weighted by molar-refractivity contribution is 0.431. The Hall–Kier alpha value is -1.60. The van der Waals surface area contributed by atoms with Crippen LogP contribution < -0.4 is 5.32 Å². The molecule has 0 aromatic heterocycles. The van der Waals surface area contributed by atoms with Crippen molar-refractivity contribution in [3.05, 3.63) is 71.3 Å². The minimum atomic E-state index is 0.737. The minimum absolute atomic E-state index is 0.737. The van der Waals surface area contributed by atoms with E-state index in [4.69, 9.17) is 0 Å². The van der Waals surface area contributed by atoms with Crippen molar-refractivity contribution in [1.29, 1.82) is 0 Å². The molecule has 0 radical (unpaired) electrons. The van der Waals surface area contributed by atoms with Crippen molar-refractivity contribution in [2.45, 2.75) is 25.7 Å². The smallest absolute Gasteiger partial charge is 0.00175 e. The van der Waals surface area contributed by atoms with E-state index in [9.17, 15) is 0 Å². The van der Waals surface area contributed by atoms with Crippen LogP contribution in [-0.4, -0.2) is 13.6 Å². The molecule has 21 heavy (non-hydrogen) atoms. The molecule has 0 spiro atoms. The largest absolute Gasteiger partial charge is 0.319 e. The monoisotopic (exact) mass is 279 g/mol. The highest BCUT2D eigenvalue weighted by Crippen LogP contribution is 2.52. The second-order valence-corrected chi connectivity index (χ2v) is 6.37. The van der Waals surface area contributed by atoms with E-state index in [1.165, 1.54) is 29.5 Å². The molecule has 0 bridgehead atoms. The molecule has 0 saturated heterocycles. The third kappa shape index (κ3) is 3.36. The Balaban J connectivity index is 1.70. The van der Waals surface area contributed by atoms with E-state index in [-0.39, 0.29) is 0 Å². The first-order chi connectivity index (χ1) is 10.3. The van der Waals surface area contributed by atoms with Gasteiger partial charge in [0.1, 0.15) is 0 Å². The summed E-state index contributed by atoms with van der Waals surface area (Å²) in [6.07, 6.45) is 2.55. The first-order valence-corrected chi connectivity index (χ1v) is 8.03. The molecule has 0 amide bonds. The molecule has 1 saturated carbocycles. The summed E-state index contributed by atoms with van der Waals surface area (Å²) in [6.45, 7) is 3.34. The molecule has 2 aromatic rings. The molecule has 0 heterocycles. The Bertz CT molecular complexity index is 575. The first kappa shape index (κ1) is 14.3. The van der Waals surface area contributed by atoms with Crippen molar-refractivity contribution in [3.63, 3.8) is 0 Å². The number of hydrogen-bond acceptors (Lipinski definition) is 1. The highest BCUT2D eigenvalue weighted by molar-refractivity contribution is 5.29. The molecule has 1 nitrogen and oxygen atoms in total. The summed E-state index contributed by atoms with van der Waals surface area (Å²) in [5.41, 5.74) is 4.46. The average Bonchev–Trinajstić information content (AvgIpc) is 3.30. The van der Waals surface area contributed by atoms with Gasteiger partial charge in [-0.25, -0.2) is 0 Å². The van der Waals surface area contributed by atoms with Crippen LogP contribution in [-0.2, 0) is 6.42 Å². The number of nitrogens with one attached hydrogen (secondary N) is 1. The number of hydrogen-bond donors (Lipinski definition) is 1. The summed E-state index contributed by atoms with van der Waals surface area (Å²) in [7, 11) is 2.07. The van der Waals surface area contributed by atoms with Gasteiger partial charge in [-0.2, -0.15) is 0 Å². The second-order valence-electron chi connectivity index (χ2n) is 6.37.